The SMILES string of the molecule is COc1ccccc1NS(=O)(=O)c1ccc(Cl)c(C(F)(F)F)c1. The molecule has 2 aromatic rings. The minimum Gasteiger partial charge on any atom is -0.495 e. The molecule has 2 rings (SSSR count). The van der Waals surface area contributed by atoms with E-state index in [0.717, 1.165) is 12.1 Å². The fraction of sp³-hybridized carbons (Fsp3) is 0.143. The number of hydrogen-bond acceptors (Lipinski definition) is 3. The van der Waals surface area contributed by atoms with Gasteiger partial charge in [0.15, 0.2) is 0 Å². The highest BCUT2D eigenvalue weighted by Gasteiger charge is 2.34. The summed E-state index contributed by atoms with van der Waals surface area (Å²) in [4.78, 5) is -0.555. The smallest absolute Gasteiger partial charge is 0.417 e. The van der Waals surface area contributed by atoms with Crippen molar-refractivity contribution in [1.82, 2.24) is 0 Å². The fourth-order valence-electron chi connectivity index (χ4n) is 1.82. The van der Waals surface area contributed by atoms with Crippen molar-refractivity contribution in [2.24, 2.45) is 0 Å². The quantitative estimate of drug-likeness (QED) is 0.884. The number of anilines is 1. The molecule has 0 saturated carbocycles. The van der Waals surface area contributed by atoms with Crippen molar-refractivity contribution in [1.29, 1.82) is 0 Å². The molecule has 0 bridgehead atoms. The number of methoxy groups -OCH3 is 1. The van der Waals surface area contributed by atoms with Gasteiger partial charge >= 0.3 is 6.18 Å². The molecule has 0 saturated heterocycles. The predicted octanol–water partition coefficient (Wildman–Crippen LogP) is 4.17. The van der Waals surface area contributed by atoms with E-state index in [-0.39, 0.29) is 11.4 Å². The second-order valence-electron chi connectivity index (χ2n) is 4.45. The molecule has 124 valence electrons. The molecule has 2 aromatic carbocycles. The second kappa shape index (κ2) is 6.29. The third-order valence-electron chi connectivity index (χ3n) is 2.90. The van der Waals surface area contributed by atoms with Gasteiger partial charge in [0.1, 0.15) is 5.75 Å². The predicted molar refractivity (Wildman–Crippen MR) is 80.3 cm³/mol. The summed E-state index contributed by atoms with van der Waals surface area (Å²) in [7, 11) is -2.89. The Kier molecular flexibility index (Phi) is 4.76. The minimum atomic E-state index is -4.76. The number of alkyl halides is 3. The zero-order valence-corrected chi connectivity index (χ0v) is 13.3. The van der Waals surface area contributed by atoms with Crippen LogP contribution in [0, 0.1) is 0 Å². The van der Waals surface area contributed by atoms with Crippen LogP contribution in [-0.2, 0) is 16.2 Å². The molecule has 0 aromatic heterocycles. The Morgan fingerprint density at radius 1 is 1.13 bits per heavy atom. The first-order valence-electron chi connectivity index (χ1n) is 6.18. The third-order valence-corrected chi connectivity index (χ3v) is 4.60. The molecule has 0 spiro atoms. The number of sulfonamides is 1. The van der Waals surface area contributed by atoms with Gasteiger partial charge in [0.05, 0.1) is 28.3 Å². The van der Waals surface area contributed by atoms with Gasteiger partial charge in [-0.1, -0.05) is 23.7 Å². The average Bonchev–Trinajstić information content (AvgIpc) is 2.46. The van der Waals surface area contributed by atoms with Crippen molar-refractivity contribution in [3.63, 3.8) is 0 Å². The Balaban J connectivity index is 2.45. The first kappa shape index (κ1) is 17.4. The van der Waals surface area contributed by atoms with Crippen LogP contribution >= 0.6 is 11.6 Å². The van der Waals surface area contributed by atoms with E-state index in [4.69, 9.17) is 16.3 Å². The van der Waals surface area contributed by atoms with Crippen LogP contribution in [0.25, 0.3) is 0 Å². The number of rotatable bonds is 4. The molecule has 4 nitrogen and oxygen atoms in total. The van der Waals surface area contributed by atoms with Crippen LogP contribution in [-0.4, -0.2) is 15.5 Å². The normalized spacial score (nSPS) is 12.0. The van der Waals surface area contributed by atoms with Crippen molar-refractivity contribution in [3.8, 4) is 5.75 Å². The maximum Gasteiger partial charge on any atom is 0.417 e. The molecule has 0 aliphatic carbocycles. The van der Waals surface area contributed by atoms with E-state index in [0.29, 0.717) is 6.07 Å². The van der Waals surface area contributed by atoms with Gasteiger partial charge in [-0.15, -0.1) is 0 Å². The highest BCUT2D eigenvalue weighted by atomic mass is 35.5. The van der Waals surface area contributed by atoms with Gasteiger partial charge in [0.25, 0.3) is 10.0 Å². The Hall–Kier alpha value is -1.93. The molecule has 0 fully saturated rings. The van der Waals surface area contributed by atoms with Gasteiger partial charge in [-0.3, -0.25) is 4.72 Å². The summed E-state index contributed by atoms with van der Waals surface area (Å²) in [5.74, 6) is 0.237. The highest BCUT2D eigenvalue weighted by molar-refractivity contribution is 7.92. The van der Waals surface area contributed by atoms with Crippen LogP contribution in [0.5, 0.6) is 5.75 Å². The Morgan fingerprint density at radius 3 is 2.39 bits per heavy atom. The van der Waals surface area contributed by atoms with Crippen molar-refractivity contribution in [3.05, 3.63) is 53.1 Å². The number of benzene rings is 2. The van der Waals surface area contributed by atoms with E-state index in [1.165, 1.54) is 19.2 Å². The summed E-state index contributed by atoms with van der Waals surface area (Å²) in [6.07, 6.45) is -4.76. The van der Waals surface area contributed by atoms with Gasteiger partial charge in [0.2, 0.25) is 0 Å². The van der Waals surface area contributed by atoms with Crippen LogP contribution < -0.4 is 9.46 Å². The van der Waals surface area contributed by atoms with Crippen molar-refractivity contribution >= 4 is 27.3 Å². The molecule has 0 heterocycles. The lowest BCUT2D eigenvalue weighted by molar-refractivity contribution is -0.137. The van der Waals surface area contributed by atoms with Crippen molar-refractivity contribution in [2.75, 3.05) is 11.8 Å². The Bertz CT molecular complexity index is 822. The molecular weight excluding hydrogens is 355 g/mol. The average molecular weight is 366 g/mol. The fourth-order valence-corrected chi connectivity index (χ4v) is 3.14. The van der Waals surface area contributed by atoms with E-state index in [2.05, 4.69) is 4.72 Å². The molecule has 0 aliphatic heterocycles. The van der Waals surface area contributed by atoms with E-state index < -0.39 is 31.7 Å². The maximum absolute atomic E-state index is 12.8. The summed E-state index contributed by atoms with van der Waals surface area (Å²) in [5, 5.41) is -0.575. The Labute approximate surface area is 135 Å². The van der Waals surface area contributed by atoms with Crippen LogP contribution in [0.2, 0.25) is 5.02 Å². The van der Waals surface area contributed by atoms with Gasteiger partial charge < -0.3 is 4.74 Å². The summed E-state index contributed by atoms with van der Waals surface area (Å²) in [6.45, 7) is 0. The van der Waals surface area contributed by atoms with Crippen molar-refractivity contribution in [2.45, 2.75) is 11.1 Å². The Morgan fingerprint density at radius 2 is 1.78 bits per heavy atom. The lowest BCUT2D eigenvalue weighted by Gasteiger charge is -2.14. The molecule has 0 atom stereocenters. The molecule has 0 amide bonds. The largest absolute Gasteiger partial charge is 0.495 e. The van der Waals surface area contributed by atoms with E-state index >= 15 is 0 Å². The second-order valence-corrected chi connectivity index (χ2v) is 6.53. The standard InChI is InChI=1S/C14H11ClF3NO3S/c1-22-13-5-3-2-4-12(13)19-23(20,21)9-6-7-11(15)10(8-9)14(16,17)18/h2-8,19H,1H3. The molecule has 1 N–H and O–H groups in total. The van der Waals surface area contributed by atoms with E-state index in [1.807, 2.05) is 0 Å². The molecule has 0 aliphatic rings. The number of hydrogen-bond donors (Lipinski definition) is 1. The topological polar surface area (TPSA) is 55.4 Å². The van der Waals surface area contributed by atoms with Gasteiger partial charge in [-0.2, -0.15) is 13.2 Å². The molecule has 0 radical (unpaired) electrons. The lowest BCUT2D eigenvalue weighted by Crippen LogP contribution is -2.15. The molecule has 0 unspecified atom stereocenters. The summed E-state index contributed by atoms with van der Waals surface area (Å²) < 4.78 is 70.3. The summed E-state index contributed by atoms with van der Waals surface area (Å²) >= 11 is 5.48. The van der Waals surface area contributed by atoms with Crippen molar-refractivity contribution < 1.29 is 26.3 Å². The number of ether oxygens (including phenoxy) is 1. The van der Waals surface area contributed by atoms with E-state index in [9.17, 15) is 21.6 Å². The zero-order valence-electron chi connectivity index (χ0n) is 11.7. The van der Waals surface area contributed by atoms with Gasteiger partial charge in [-0.25, -0.2) is 8.42 Å². The minimum absolute atomic E-state index is 0.110. The van der Waals surface area contributed by atoms with Crippen LogP contribution in [0.1, 0.15) is 5.56 Å². The highest BCUT2D eigenvalue weighted by Crippen LogP contribution is 2.36. The first-order chi connectivity index (χ1) is 10.6. The zero-order chi connectivity index (χ0) is 17.3. The number of halogens is 4. The molecule has 23 heavy (non-hydrogen) atoms. The molecule has 9 heteroatoms. The number of nitrogens with one attached hydrogen (secondary N) is 1. The molecular formula is C14H11ClF3NO3S. The van der Waals surface area contributed by atoms with Gasteiger partial charge in [0, 0.05) is 0 Å². The van der Waals surface area contributed by atoms with E-state index in [1.54, 1.807) is 12.1 Å². The van der Waals surface area contributed by atoms with Gasteiger partial charge in [-0.05, 0) is 30.3 Å². The van der Waals surface area contributed by atoms with Crippen LogP contribution in [0.15, 0.2) is 47.4 Å². The lowest BCUT2D eigenvalue weighted by atomic mass is 10.2. The van der Waals surface area contributed by atoms with Crippen LogP contribution in [0.3, 0.4) is 0 Å². The maximum atomic E-state index is 12.8. The first-order valence-corrected chi connectivity index (χ1v) is 8.04. The monoisotopic (exact) mass is 365 g/mol. The summed E-state index contributed by atoms with van der Waals surface area (Å²) in [6, 6.07) is 8.50. The number of para-hydroxylation sites is 2. The third kappa shape index (κ3) is 3.89. The van der Waals surface area contributed by atoms with Crippen LogP contribution in [0.4, 0.5) is 18.9 Å². The summed E-state index contributed by atoms with van der Waals surface area (Å²) in [5.41, 5.74) is -1.11.